The summed E-state index contributed by atoms with van der Waals surface area (Å²) in [7, 11) is -2.38. The highest BCUT2D eigenvalue weighted by molar-refractivity contribution is 7.79. The quantitative estimate of drug-likeness (QED) is 0.0261. The Hall–Kier alpha value is -5.40. The van der Waals surface area contributed by atoms with E-state index in [0.717, 1.165) is 12.8 Å². The number of carbonyl (C=O) groups is 5. The average Bonchev–Trinajstić information content (AvgIpc) is 3.45. The molecule has 0 aromatic heterocycles. The summed E-state index contributed by atoms with van der Waals surface area (Å²) in [6, 6.07) is 25.4. The molecule has 0 saturated carbocycles. The number of ether oxygens (including phenoxy) is 4. The highest BCUT2D eigenvalue weighted by atomic mass is 32.3. The molecule has 3 aliphatic heterocycles. The summed E-state index contributed by atoms with van der Waals surface area (Å²) < 4.78 is 55.1. The van der Waals surface area contributed by atoms with Gasteiger partial charge in [-0.05, 0) is 82.2 Å². The van der Waals surface area contributed by atoms with E-state index in [4.69, 9.17) is 36.5 Å². The maximum absolute atomic E-state index is 13.3. The van der Waals surface area contributed by atoms with E-state index in [1.54, 1.807) is 0 Å². The number of piperidine rings is 1. The fourth-order valence-electron chi connectivity index (χ4n) is 8.50. The molecule has 3 aliphatic rings. The van der Waals surface area contributed by atoms with Crippen LogP contribution in [-0.2, 0) is 48.5 Å². The number of carbonyl (C=O) groups excluding carboxylic acids is 5. The van der Waals surface area contributed by atoms with Crippen molar-refractivity contribution in [1.82, 2.24) is 10.2 Å². The summed E-state index contributed by atoms with van der Waals surface area (Å²) >= 11 is 0. The van der Waals surface area contributed by atoms with Gasteiger partial charge < -0.3 is 39.6 Å². The number of para-hydroxylation sites is 1. The third kappa shape index (κ3) is 16.2. The van der Waals surface area contributed by atoms with Crippen LogP contribution in [0.3, 0.4) is 0 Å². The second-order valence-corrected chi connectivity index (χ2v) is 18.2. The summed E-state index contributed by atoms with van der Waals surface area (Å²) in [6.45, 7) is 8.70. The van der Waals surface area contributed by atoms with Crippen molar-refractivity contribution in [3.63, 3.8) is 0 Å². The minimum absolute atomic E-state index is 0.00114. The summed E-state index contributed by atoms with van der Waals surface area (Å²) in [5, 5.41) is 15.1. The lowest BCUT2D eigenvalue weighted by Crippen LogP contribution is -2.50. The van der Waals surface area contributed by atoms with Crippen LogP contribution < -0.4 is 10.6 Å². The van der Waals surface area contributed by atoms with Crippen LogP contribution in [0.4, 0.5) is 5.69 Å². The van der Waals surface area contributed by atoms with Crippen molar-refractivity contribution in [3.05, 3.63) is 95.6 Å². The largest absolute Gasteiger partial charge is 0.505 e. The van der Waals surface area contributed by atoms with Crippen molar-refractivity contribution >= 4 is 46.3 Å². The first kappa shape index (κ1) is 53.2. The normalized spacial score (nSPS) is 24.2. The first-order chi connectivity index (χ1) is 31.3. The highest BCUT2D eigenvalue weighted by Crippen LogP contribution is 2.39. The zero-order valence-electron chi connectivity index (χ0n) is 38.4. The monoisotopic (exact) mass is 939 g/mol. The Morgan fingerprint density at radius 3 is 1.95 bits per heavy atom. The van der Waals surface area contributed by atoms with Crippen LogP contribution in [0.1, 0.15) is 120 Å². The lowest BCUT2D eigenvalue weighted by atomic mass is 9.92. The van der Waals surface area contributed by atoms with E-state index in [1.807, 2.05) is 20.8 Å². The van der Waals surface area contributed by atoms with E-state index < -0.39 is 70.2 Å². The Kier molecular flexibility index (Phi) is 20.6. The molecule has 2 bridgehead atoms. The molecule has 18 heteroatoms. The van der Waals surface area contributed by atoms with Crippen molar-refractivity contribution in [1.29, 1.82) is 0 Å². The number of hydrogen-bond donors (Lipinski definition) is 5. The van der Waals surface area contributed by atoms with Gasteiger partial charge in [0.15, 0.2) is 17.9 Å². The van der Waals surface area contributed by atoms with E-state index in [9.17, 15) is 29.1 Å². The number of hydrogen-bond acceptors (Lipinski definition) is 13. The van der Waals surface area contributed by atoms with Gasteiger partial charge in [-0.2, -0.15) is 8.42 Å². The molecule has 3 heterocycles. The van der Waals surface area contributed by atoms with Gasteiger partial charge in [-0.25, -0.2) is 4.79 Å². The fourth-order valence-corrected chi connectivity index (χ4v) is 8.50. The van der Waals surface area contributed by atoms with Crippen LogP contribution in [0, 0.1) is 11.8 Å². The number of nitrogens with one attached hydrogen (secondary N) is 2. The molecule has 3 fully saturated rings. The van der Waals surface area contributed by atoms with Gasteiger partial charge in [0.2, 0.25) is 6.41 Å². The minimum Gasteiger partial charge on any atom is -0.505 e. The number of anilines is 1. The van der Waals surface area contributed by atoms with Crippen molar-refractivity contribution < 1.29 is 65.5 Å². The molecule has 66 heavy (non-hydrogen) atoms. The second kappa shape index (κ2) is 25.5. The maximum atomic E-state index is 13.3. The summed E-state index contributed by atoms with van der Waals surface area (Å²) in [5.74, 6) is -4.27. The van der Waals surface area contributed by atoms with Crippen LogP contribution in [0.25, 0.3) is 0 Å². The molecule has 3 saturated heterocycles. The first-order valence-electron chi connectivity index (χ1n) is 22.4. The van der Waals surface area contributed by atoms with Gasteiger partial charge in [0.05, 0.1) is 23.3 Å². The number of esters is 3. The Morgan fingerprint density at radius 1 is 0.864 bits per heavy atom. The predicted molar refractivity (Wildman–Crippen MR) is 245 cm³/mol. The van der Waals surface area contributed by atoms with E-state index in [2.05, 4.69) is 83.2 Å². The number of unbranched alkanes of at least 4 members (excludes halogenated alkanes) is 2. The van der Waals surface area contributed by atoms with Crippen molar-refractivity contribution in [3.8, 4) is 5.75 Å². The van der Waals surface area contributed by atoms with Crippen molar-refractivity contribution in [2.24, 2.45) is 11.8 Å². The third-order valence-corrected chi connectivity index (χ3v) is 11.8. The van der Waals surface area contributed by atoms with Crippen LogP contribution in [0.5, 0.6) is 5.75 Å². The van der Waals surface area contributed by atoms with Crippen molar-refractivity contribution in [2.75, 3.05) is 12.4 Å². The number of aromatic hydroxyl groups is 1. The van der Waals surface area contributed by atoms with Gasteiger partial charge in [-0.1, -0.05) is 107 Å². The summed E-state index contributed by atoms with van der Waals surface area (Å²) in [5.41, 5.74) is 2.29. The van der Waals surface area contributed by atoms with Crippen LogP contribution in [-0.4, -0.2) is 107 Å². The Balaban J connectivity index is 0.000000285. The number of cyclic esters (lactones) is 2. The molecular weight excluding hydrogens is 875 g/mol. The SMILES string of the molecule is CCCCCC1C(=O)OC(C)C(NC(=O)c2cccc(NC=O)c2O)C(=O)OC(C)C1OC(=O)CC(C)C.CN1C2CCC1CC(OC(c1ccccc1)c1ccccc1)C2.O=S(=O)(O)O. The fraction of sp³-hybridized carbons (Fsp3) is 0.521. The highest BCUT2D eigenvalue weighted by Gasteiger charge is 2.44. The molecule has 17 nitrogen and oxygen atoms in total. The maximum Gasteiger partial charge on any atom is 0.394 e. The lowest BCUT2D eigenvalue weighted by molar-refractivity contribution is -0.175. The zero-order valence-corrected chi connectivity index (χ0v) is 39.2. The molecule has 5 N–H and O–H groups in total. The summed E-state index contributed by atoms with van der Waals surface area (Å²) in [6.07, 6.45) is 5.49. The van der Waals surface area contributed by atoms with E-state index in [0.29, 0.717) is 37.4 Å². The first-order valence-corrected chi connectivity index (χ1v) is 23.8. The van der Waals surface area contributed by atoms with Gasteiger partial charge in [0, 0.05) is 18.5 Å². The number of phenolic OH excluding ortho intramolecular Hbond substituents is 1. The Labute approximate surface area is 387 Å². The molecule has 7 unspecified atom stereocenters. The second-order valence-electron chi connectivity index (χ2n) is 17.3. The van der Waals surface area contributed by atoms with E-state index in [-0.39, 0.29) is 29.7 Å². The predicted octanol–water partition coefficient (Wildman–Crippen LogP) is 6.86. The van der Waals surface area contributed by atoms with Gasteiger partial charge >= 0.3 is 28.3 Å². The third-order valence-electron chi connectivity index (χ3n) is 11.8. The van der Waals surface area contributed by atoms with Crippen molar-refractivity contribution in [2.45, 2.75) is 141 Å². The molecule has 362 valence electrons. The van der Waals surface area contributed by atoms with Crippen LogP contribution in [0.15, 0.2) is 78.9 Å². The molecule has 3 aromatic carbocycles. The Bertz CT molecular complexity index is 2100. The number of benzene rings is 3. The average molecular weight is 940 g/mol. The van der Waals surface area contributed by atoms with Gasteiger partial charge in [-0.3, -0.25) is 28.3 Å². The zero-order chi connectivity index (χ0) is 48.6. The molecule has 0 spiro atoms. The molecule has 7 atom stereocenters. The van der Waals surface area contributed by atoms with Crippen LogP contribution >= 0.6 is 0 Å². The van der Waals surface area contributed by atoms with Gasteiger partial charge in [0.25, 0.3) is 5.91 Å². The number of amides is 2. The number of rotatable bonds is 15. The molecular formula is C48H65N3O14S. The Morgan fingerprint density at radius 2 is 1.42 bits per heavy atom. The molecule has 2 amide bonds. The number of nitrogens with zero attached hydrogens (tertiary/aromatic N) is 1. The smallest absolute Gasteiger partial charge is 0.394 e. The minimum atomic E-state index is -4.67. The molecule has 0 radical (unpaired) electrons. The standard InChI is InChI=1S/C27H38N2O9.C21H25NO.H2O4S/c1-6-7-8-10-19-24(38-21(31)13-15(2)3)17(5)37-27(35)22(16(4)36-26(19)34)29-25(33)18-11-9-12-20(23(18)32)28-14-30;1-22-18-12-13-19(22)15-20(14-18)23-21(16-8-4-2-5-9-16)17-10-6-3-7-11-17;1-5(2,3)4/h9,11-12,14-17,19,22,24,32H,6-8,10,13H2,1-5H3,(H,28,30)(H,29,33);2-11,18-21H,12-15H2,1H3;(H2,1,2,3,4). The molecule has 3 aromatic rings. The van der Waals surface area contributed by atoms with E-state index in [1.165, 1.54) is 68.9 Å². The van der Waals surface area contributed by atoms with Gasteiger partial charge in [0.1, 0.15) is 18.3 Å². The van der Waals surface area contributed by atoms with Gasteiger partial charge in [-0.15, -0.1) is 0 Å². The number of fused-ring (bicyclic) bond motifs is 2. The topological polar surface area (TPSA) is 244 Å². The molecule has 6 rings (SSSR count). The van der Waals surface area contributed by atoms with Crippen LogP contribution in [0.2, 0.25) is 0 Å². The number of phenols is 1. The van der Waals surface area contributed by atoms with E-state index >= 15 is 0 Å². The summed E-state index contributed by atoms with van der Waals surface area (Å²) in [4.78, 5) is 65.3. The lowest BCUT2D eigenvalue weighted by Gasteiger charge is -2.38. The molecule has 0 aliphatic carbocycles.